The first-order chi connectivity index (χ1) is 5.11. The number of halogens is 2. The molecule has 3 atom stereocenters. The van der Waals surface area contributed by atoms with Gasteiger partial charge in [-0.2, -0.15) is 0 Å². The normalized spacial score (nSPS) is 33.5. The van der Waals surface area contributed by atoms with Gasteiger partial charge in [-0.05, 0) is 25.7 Å². The molecule has 66 valence electrons. The van der Waals surface area contributed by atoms with E-state index in [-0.39, 0.29) is 0 Å². The van der Waals surface area contributed by atoms with Gasteiger partial charge in [-0.1, -0.05) is 6.92 Å². The van der Waals surface area contributed by atoms with Crippen molar-refractivity contribution in [2.45, 2.75) is 45.2 Å². The molecule has 1 saturated carbocycles. The predicted molar refractivity (Wildman–Crippen MR) is 40.8 cm³/mol. The lowest BCUT2D eigenvalue weighted by atomic mass is 9.81. The zero-order valence-corrected chi connectivity index (χ0v) is 6.98. The topological polar surface area (TPSA) is 12.0 Å². The Morgan fingerprint density at radius 3 is 2.27 bits per heavy atom. The average molecular weight is 163 g/mol. The first kappa shape index (κ1) is 8.91. The second kappa shape index (κ2) is 3.48. The minimum absolute atomic E-state index is 0.332. The van der Waals surface area contributed by atoms with Crippen molar-refractivity contribution in [1.29, 1.82) is 0 Å². The van der Waals surface area contributed by atoms with Gasteiger partial charge in [0.25, 0.3) is 6.43 Å². The minimum atomic E-state index is -2.23. The maximum atomic E-state index is 12.0. The molecule has 3 unspecified atom stereocenters. The quantitative estimate of drug-likeness (QED) is 0.671. The molecule has 0 aliphatic heterocycles. The molecule has 0 radical (unpaired) electrons. The molecule has 1 fully saturated rings. The van der Waals surface area contributed by atoms with Crippen LogP contribution in [0.5, 0.6) is 0 Å². The first-order valence-corrected chi connectivity index (χ1v) is 4.15. The molecule has 0 bridgehead atoms. The molecule has 3 heteroatoms. The van der Waals surface area contributed by atoms with Crippen molar-refractivity contribution >= 4 is 0 Å². The van der Waals surface area contributed by atoms with E-state index < -0.39 is 12.5 Å². The molecule has 1 N–H and O–H groups in total. The van der Waals surface area contributed by atoms with Crippen LogP contribution in [0, 0.1) is 5.92 Å². The first-order valence-electron chi connectivity index (χ1n) is 4.15. The maximum absolute atomic E-state index is 12.0. The van der Waals surface area contributed by atoms with Crippen molar-refractivity contribution < 1.29 is 8.78 Å². The molecule has 0 amide bonds. The van der Waals surface area contributed by atoms with E-state index in [4.69, 9.17) is 0 Å². The van der Waals surface area contributed by atoms with E-state index in [9.17, 15) is 8.78 Å². The van der Waals surface area contributed by atoms with Gasteiger partial charge in [0, 0.05) is 6.04 Å². The predicted octanol–water partition coefficient (Wildman–Crippen LogP) is 2.03. The highest BCUT2D eigenvalue weighted by Crippen LogP contribution is 2.27. The minimum Gasteiger partial charge on any atom is -0.306 e. The van der Waals surface area contributed by atoms with Gasteiger partial charge < -0.3 is 5.32 Å². The Hall–Kier alpha value is -0.180. The summed E-state index contributed by atoms with van der Waals surface area (Å²) in [5, 5.41) is 2.92. The Balaban J connectivity index is 2.19. The standard InChI is InChI=1S/C8H15F2N/c1-5-3-4-7(5)11-6(2)8(9)10/h5-8,11H,3-4H2,1-2H3. The molecular weight excluding hydrogens is 148 g/mol. The highest BCUT2D eigenvalue weighted by atomic mass is 19.3. The third kappa shape index (κ3) is 2.12. The smallest absolute Gasteiger partial charge is 0.253 e. The molecular formula is C8H15F2N. The molecule has 11 heavy (non-hydrogen) atoms. The molecule has 1 aliphatic rings. The van der Waals surface area contributed by atoms with E-state index in [1.807, 2.05) is 0 Å². The Morgan fingerprint density at radius 2 is 2.00 bits per heavy atom. The molecule has 1 nitrogen and oxygen atoms in total. The average Bonchev–Trinajstić information content (AvgIpc) is 1.96. The lowest BCUT2D eigenvalue weighted by Crippen LogP contribution is -2.48. The summed E-state index contributed by atoms with van der Waals surface area (Å²) in [5.74, 6) is 0.580. The molecule has 0 spiro atoms. The maximum Gasteiger partial charge on any atom is 0.253 e. The summed E-state index contributed by atoms with van der Waals surface area (Å²) in [4.78, 5) is 0. The highest BCUT2D eigenvalue weighted by Gasteiger charge is 2.29. The van der Waals surface area contributed by atoms with E-state index >= 15 is 0 Å². The number of alkyl halides is 2. The van der Waals surface area contributed by atoms with Crippen molar-refractivity contribution in [2.24, 2.45) is 5.92 Å². The number of hydrogen-bond acceptors (Lipinski definition) is 1. The monoisotopic (exact) mass is 163 g/mol. The second-order valence-electron chi connectivity index (χ2n) is 3.45. The molecule has 0 aromatic carbocycles. The second-order valence-corrected chi connectivity index (χ2v) is 3.45. The fourth-order valence-corrected chi connectivity index (χ4v) is 1.32. The van der Waals surface area contributed by atoms with E-state index in [1.165, 1.54) is 13.3 Å². The fraction of sp³-hybridized carbons (Fsp3) is 1.00. The Morgan fingerprint density at radius 1 is 1.36 bits per heavy atom. The van der Waals surface area contributed by atoms with Crippen LogP contribution in [0.25, 0.3) is 0 Å². The summed E-state index contributed by atoms with van der Waals surface area (Å²) in [7, 11) is 0. The van der Waals surface area contributed by atoms with Gasteiger partial charge in [0.1, 0.15) is 0 Å². The van der Waals surface area contributed by atoms with Crippen molar-refractivity contribution in [2.75, 3.05) is 0 Å². The molecule has 0 saturated heterocycles. The van der Waals surface area contributed by atoms with Gasteiger partial charge in [-0.3, -0.25) is 0 Å². The highest BCUT2D eigenvalue weighted by molar-refractivity contribution is 4.85. The van der Waals surface area contributed by atoms with Gasteiger partial charge in [0.15, 0.2) is 0 Å². The molecule has 0 heterocycles. The van der Waals surface area contributed by atoms with Crippen molar-refractivity contribution in [3.8, 4) is 0 Å². The van der Waals surface area contributed by atoms with Crippen LogP contribution in [0.15, 0.2) is 0 Å². The molecule has 0 aromatic heterocycles. The lowest BCUT2D eigenvalue weighted by molar-refractivity contribution is 0.0813. The summed E-state index contributed by atoms with van der Waals surface area (Å²) in [6.07, 6.45) is -0.00549. The van der Waals surface area contributed by atoms with Crippen LogP contribution < -0.4 is 5.32 Å². The van der Waals surface area contributed by atoms with E-state index in [0.717, 1.165) is 6.42 Å². The molecule has 0 aromatic rings. The van der Waals surface area contributed by atoms with Crippen molar-refractivity contribution in [3.05, 3.63) is 0 Å². The van der Waals surface area contributed by atoms with Gasteiger partial charge in [0.2, 0.25) is 0 Å². The third-order valence-electron chi connectivity index (χ3n) is 2.47. The van der Waals surface area contributed by atoms with Gasteiger partial charge >= 0.3 is 0 Å². The lowest BCUT2D eigenvalue weighted by Gasteiger charge is -2.36. The number of rotatable bonds is 3. The van der Waals surface area contributed by atoms with E-state index in [1.54, 1.807) is 0 Å². The SMILES string of the molecule is CC1CCC1NC(C)C(F)F. The molecule has 1 rings (SSSR count). The Bertz CT molecular complexity index is 123. The van der Waals surface area contributed by atoms with Gasteiger partial charge in [-0.15, -0.1) is 0 Å². The van der Waals surface area contributed by atoms with Crippen LogP contribution in [-0.4, -0.2) is 18.5 Å². The number of hydrogen-bond donors (Lipinski definition) is 1. The fourth-order valence-electron chi connectivity index (χ4n) is 1.32. The Kier molecular flexibility index (Phi) is 2.82. The van der Waals surface area contributed by atoms with Gasteiger partial charge in [0.05, 0.1) is 6.04 Å². The zero-order chi connectivity index (χ0) is 8.43. The summed E-state index contributed by atoms with van der Waals surface area (Å²) in [6, 6.07) is -0.318. The Labute approximate surface area is 66.2 Å². The van der Waals surface area contributed by atoms with E-state index in [0.29, 0.717) is 12.0 Å². The summed E-state index contributed by atoms with van der Waals surface area (Å²) in [6.45, 7) is 3.63. The molecule has 1 aliphatic carbocycles. The van der Waals surface area contributed by atoms with Crippen LogP contribution in [-0.2, 0) is 0 Å². The third-order valence-corrected chi connectivity index (χ3v) is 2.47. The number of nitrogens with one attached hydrogen (secondary N) is 1. The van der Waals surface area contributed by atoms with Crippen LogP contribution in [0.4, 0.5) is 8.78 Å². The van der Waals surface area contributed by atoms with Crippen LogP contribution in [0.1, 0.15) is 26.7 Å². The van der Waals surface area contributed by atoms with Gasteiger partial charge in [-0.25, -0.2) is 8.78 Å². The zero-order valence-electron chi connectivity index (χ0n) is 6.98. The van der Waals surface area contributed by atoms with Crippen molar-refractivity contribution in [1.82, 2.24) is 5.32 Å². The van der Waals surface area contributed by atoms with Crippen LogP contribution in [0.2, 0.25) is 0 Å². The van der Waals surface area contributed by atoms with Crippen molar-refractivity contribution in [3.63, 3.8) is 0 Å². The largest absolute Gasteiger partial charge is 0.306 e. The van der Waals surface area contributed by atoms with Crippen LogP contribution >= 0.6 is 0 Å². The summed E-state index contributed by atoms with van der Waals surface area (Å²) in [5.41, 5.74) is 0. The van der Waals surface area contributed by atoms with Crippen LogP contribution in [0.3, 0.4) is 0 Å². The summed E-state index contributed by atoms with van der Waals surface area (Å²) >= 11 is 0. The summed E-state index contributed by atoms with van der Waals surface area (Å²) < 4.78 is 24.0. The van der Waals surface area contributed by atoms with E-state index in [2.05, 4.69) is 12.2 Å².